The van der Waals surface area contributed by atoms with E-state index in [4.69, 9.17) is 4.42 Å². The summed E-state index contributed by atoms with van der Waals surface area (Å²) in [7, 11) is 0. The highest BCUT2D eigenvalue weighted by Crippen LogP contribution is 2.38. The van der Waals surface area contributed by atoms with Crippen LogP contribution in [0.5, 0.6) is 0 Å². The minimum Gasteiger partial charge on any atom is -0.464 e. The van der Waals surface area contributed by atoms with Crippen LogP contribution < -0.4 is 4.90 Å². The average molecular weight is 225 g/mol. The molecular formula is C15H15NO. The highest BCUT2D eigenvalue weighted by atomic mass is 16.3. The molecule has 0 atom stereocenters. The Hall–Kier alpha value is -1.96. The van der Waals surface area contributed by atoms with E-state index in [0.29, 0.717) is 0 Å². The van der Waals surface area contributed by atoms with Crippen LogP contribution in [0.3, 0.4) is 0 Å². The molecule has 1 aromatic carbocycles. The van der Waals surface area contributed by atoms with Crippen molar-refractivity contribution >= 4 is 5.69 Å². The molecule has 86 valence electrons. The summed E-state index contributed by atoms with van der Waals surface area (Å²) in [6, 6.07) is 10.4. The standard InChI is InChI=1S/C15H15NO/c1-2-9-16-10-8-12-5-3-6-13(15(12)16)14-7-4-11-17-14/h2-7,11H,1,8-10H2. The zero-order chi connectivity index (χ0) is 11.7. The Labute approximate surface area is 101 Å². The van der Waals surface area contributed by atoms with E-state index < -0.39 is 0 Å². The quantitative estimate of drug-likeness (QED) is 0.743. The monoisotopic (exact) mass is 225 g/mol. The molecule has 2 aromatic rings. The van der Waals surface area contributed by atoms with Crippen molar-refractivity contribution in [3.8, 4) is 11.3 Å². The summed E-state index contributed by atoms with van der Waals surface area (Å²) in [5, 5.41) is 0. The summed E-state index contributed by atoms with van der Waals surface area (Å²) in [6.45, 7) is 5.79. The molecule has 1 aliphatic heterocycles. The summed E-state index contributed by atoms with van der Waals surface area (Å²) in [5.74, 6) is 0.942. The molecule has 17 heavy (non-hydrogen) atoms. The van der Waals surface area contributed by atoms with Crippen molar-refractivity contribution in [1.29, 1.82) is 0 Å². The lowest BCUT2D eigenvalue weighted by molar-refractivity contribution is 0.582. The maximum Gasteiger partial charge on any atom is 0.135 e. The van der Waals surface area contributed by atoms with Gasteiger partial charge in [-0.2, -0.15) is 0 Å². The van der Waals surface area contributed by atoms with Crippen molar-refractivity contribution in [2.45, 2.75) is 6.42 Å². The van der Waals surface area contributed by atoms with Crippen LogP contribution in [0, 0.1) is 0 Å². The number of nitrogens with zero attached hydrogens (tertiary/aromatic N) is 1. The maximum atomic E-state index is 5.52. The Kier molecular flexibility index (Phi) is 2.48. The molecule has 0 saturated carbocycles. The van der Waals surface area contributed by atoms with Gasteiger partial charge in [0.15, 0.2) is 0 Å². The van der Waals surface area contributed by atoms with E-state index in [1.165, 1.54) is 16.8 Å². The molecule has 0 amide bonds. The van der Waals surface area contributed by atoms with E-state index in [2.05, 4.69) is 29.7 Å². The molecule has 0 aliphatic carbocycles. The van der Waals surface area contributed by atoms with E-state index in [1.807, 2.05) is 18.2 Å². The SMILES string of the molecule is C=CCN1CCc2cccc(-c3ccco3)c21. The first-order valence-corrected chi connectivity index (χ1v) is 5.92. The van der Waals surface area contributed by atoms with Crippen molar-refractivity contribution in [2.75, 3.05) is 18.0 Å². The molecule has 0 saturated heterocycles. The molecule has 2 nitrogen and oxygen atoms in total. The predicted molar refractivity (Wildman–Crippen MR) is 70.3 cm³/mol. The van der Waals surface area contributed by atoms with Crippen LogP contribution in [0.15, 0.2) is 53.7 Å². The fourth-order valence-corrected chi connectivity index (χ4v) is 2.50. The van der Waals surface area contributed by atoms with Crippen LogP contribution in [0.1, 0.15) is 5.56 Å². The molecule has 2 heterocycles. The number of furan rings is 1. The minimum absolute atomic E-state index is 0.894. The third-order valence-electron chi connectivity index (χ3n) is 3.22. The summed E-state index contributed by atoms with van der Waals surface area (Å²) in [4.78, 5) is 2.36. The summed E-state index contributed by atoms with van der Waals surface area (Å²) in [5.41, 5.74) is 3.90. The first kappa shape index (κ1) is 10.2. The van der Waals surface area contributed by atoms with Crippen molar-refractivity contribution in [1.82, 2.24) is 0 Å². The average Bonchev–Trinajstić information content (AvgIpc) is 2.98. The fraction of sp³-hybridized carbons (Fsp3) is 0.200. The number of hydrogen-bond donors (Lipinski definition) is 0. The van der Waals surface area contributed by atoms with Gasteiger partial charge in [-0.05, 0) is 30.2 Å². The topological polar surface area (TPSA) is 16.4 Å². The van der Waals surface area contributed by atoms with Gasteiger partial charge in [0.25, 0.3) is 0 Å². The molecule has 0 spiro atoms. The third-order valence-corrected chi connectivity index (χ3v) is 3.22. The molecule has 0 radical (unpaired) electrons. The first-order valence-electron chi connectivity index (χ1n) is 5.92. The van der Waals surface area contributed by atoms with E-state index in [1.54, 1.807) is 6.26 Å². The maximum absolute atomic E-state index is 5.52. The number of rotatable bonds is 3. The van der Waals surface area contributed by atoms with E-state index in [9.17, 15) is 0 Å². The Balaban J connectivity index is 2.12. The van der Waals surface area contributed by atoms with Crippen LogP contribution in [0.2, 0.25) is 0 Å². The van der Waals surface area contributed by atoms with E-state index in [0.717, 1.165) is 25.3 Å². The van der Waals surface area contributed by atoms with Gasteiger partial charge in [-0.25, -0.2) is 0 Å². The van der Waals surface area contributed by atoms with Crippen LogP contribution in [-0.2, 0) is 6.42 Å². The van der Waals surface area contributed by atoms with Crippen molar-refractivity contribution in [2.24, 2.45) is 0 Å². The summed E-state index contributed by atoms with van der Waals surface area (Å²) in [6.07, 6.45) is 4.78. The molecule has 0 N–H and O–H groups in total. The molecule has 0 fully saturated rings. The largest absolute Gasteiger partial charge is 0.464 e. The highest BCUT2D eigenvalue weighted by Gasteiger charge is 2.22. The Bertz CT molecular complexity index is 528. The molecule has 1 aromatic heterocycles. The van der Waals surface area contributed by atoms with Gasteiger partial charge in [-0.3, -0.25) is 0 Å². The van der Waals surface area contributed by atoms with Gasteiger partial charge in [0.1, 0.15) is 5.76 Å². The van der Waals surface area contributed by atoms with E-state index in [-0.39, 0.29) is 0 Å². The second-order valence-corrected chi connectivity index (χ2v) is 4.28. The van der Waals surface area contributed by atoms with Gasteiger partial charge < -0.3 is 9.32 Å². The lowest BCUT2D eigenvalue weighted by Gasteiger charge is -2.19. The van der Waals surface area contributed by atoms with Gasteiger partial charge in [-0.1, -0.05) is 18.2 Å². The van der Waals surface area contributed by atoms with Crippen LogP contribution in [-0.4, -0.2) is 13.1 Å². The predicted octanol–water partition coefficient (Wildman–Crippen LogP) is 3.50. The third kappa shape index (κ3) is 1.66. The number of benzene rings is 1. The molecule has 0 bridgehead atoms. The number of fused-ring (bicyclic) bond motifs is 1. The van der Waals surface area contributed by atoms with E-state index >= 15 is 0 Å². The molecule has 3 rings (SSSR count). The Morgan fingerprint density at radius 3 is 3.00 bits per heavy atom. The van der Waals surface area contributed by atoms with Crippen molar-refractivity contribution in [3.05, 3.63) is 54.8 Å². The van der Waals surface area contributed by atoms with Crippen LogP contribution in [0.4, 0.5) is 5.69 Å². The zero-order valence-electron chi connectivity index (χ0n) is 9.73. The van der Waals surface area contributed by atoms with Crippen molar-refractivity contribution in [3.63, 3.8) is 0 Å². The summed E-state index contributed by atoms with van der Waals surface area (Å²) >= 11 is 0. The Morgan fingerprint density at radius 1 is 1.29 bits per heavy atom. The summed E-state index contributed by atoms with van der Waals surface area (Å²) < 4.78 is 5.52. The lowest BCUT2D eigenvalue weighted by atomic mass is 10.1. The number of anilines is 1. The van der Waals surface area contributed by atoms with Crippen LogP contribution >= 0.6 is 0 Å². The molecule has 2 heteroatoms. The first-order chi connectivity index (χ1) is 8.40. The highest BCUT2D eigenvalue weighted by molar-refractivity contribution is 5.80. The van der Waals surface area contributed by atoms with Crippen LogP contribution in [0.25, 0.3) is 11.3 Å². The number of para-hydroxylation sites is 1. The lowest BCUT2D eigenvalue weighted by Crippen LogP contribution is -2.20. The zero-order valence-corrected chi connectivity index (χ0v) is 9.73. The second kappa shape index (κ2) is 4.13. The van der Waals surface area contributed by atoms with Gasteiger partial charge in [0.2, 0.25) is 0 Å². The van der Waals surface area contributed by atoms with Gasteiger partial charge >= 0.3 is 0 Å². The normalized spacial score (nSPS) is 13.8. The van der Waals surface area contributed by atoms with Crippen molar-refractivity contribution < 1.29 is 4.42 Å². The second-order valence-electron chi connectivity index (χ2n) is 4.28. The number of hydrogen-bond acceptors (Lipinski definition) is 2. The molecule has 1 aliphatic rings. The molecular weight excluding hydrogens is 210 g/mol. The van der Waals surface area contributed by atoms with Gasteiger partial charge in [-0.15, -0.1) is 6.58 Å². The fourth-order valence-electron chi connectivity index (χ4n) is 2.50. The minimum atomic E-state index is 0.894. The van der Waals surface area contributed by atoms with Gasteiger partial charge in [0, 0.05) is 18.7 Å². The van der Waals surface area contributed by atoms with Gasteiger partial charge in [0.05, 0.1) is 12.0 Å². The smallest absolute Gasteiger partial charge is 0.135 e. The Morgan fingerprint density at radius 2 is 2.24 bits per heavy atom. The molecule has 0 unspecified atom stereocenters.